The molecule has 132 valence electrons. The number of halogens is 1. The Labute approximate surface area is 145 Å². The minimum Gasteiger partial charge on any atom is -0.481 e. The number of benzene rings is 1. The monoisotopic (exact) mass is 344 g/mol. The van der Waals surface area contributed by atoms with E-state index in [1.165, 1.54) is 6.07 Å². The molecule has 0 amide bonds. The smallest absolute Gasteiger partial charge is 0.308 e. The second-order valence-electron chi connectivity index (χ2n) is 7.14. The van der Waals surface area contributed by atoms with Crippen molar-refractivity contribution in [2.24, 2.45) is 17.8 Å². The first-order chi connectivity index (χ1) is 12.0. The van der Waals surface area contributed by atoms with Crippen LogP contribution in [0, 0.1) is 30.5 Å². The SMILES string of the molecule is Cc1oc(-c2ccccc2F)nc1CN1C[C@@H](C(=O)O)[C@H](C2CC2)C1. The summed E-state index contributed by atoms with van der Waals surface area (Å²) in [4.78, 5) is 18.1. The summed E-state index contributed by atoms with van der Waals surface area (Å²) >= 11 is 0. The van der Waals surface area contributed by atoms with Crippen molar-refractivity contribution in [1.82, 2.24) is 9.88 Å². The average molecular weight is 344 g/mol. The number of nitrogens with zero attached hydrogens (tertiary/aromatic N) is 2. The summed E-state index contributed by atoms with van der Waals surface area (Å²) in [6.45, 7) is 3.67. The number of hydrogen-bond acceptors (Lipinski definition) is 4. The summed E-state index contributed by atoms with van der Waals surface area (Å²) in [5.74, 6) is 0.345. The van der Waals surface area contributed by atoms with Gasteiger partial charge in [-0.1, -0.05) is 12.1 Å². The van der Waals surface area contributed by atoms with E-state index in [-0.39, 0.29) is 23.5 Å². The summed E-state index contributed by atoms with van der Waals surface area (Å²) in [6, 6.07) is 6.40. The zero-order valence-corrected chi connectivity index (χ0v) is 14.1. The molecule has 1 saturated heterocycles. The highest BCUT2D eigenvalue weighted by Gasteiger charge is 2.45. The van der Waals surface area contributed by atoms with E-state index in [1.54, 1.807) is 18.2 Å². The quantitative estimate of drug-likeness (QED) is 0.901. The van der Waals surface area contributed by atoms with Crippen molar-refractivity contribution >= 4 is 5.97 Å². The molecule has 0 radical (unpaired) electrons. The van der Waals surface area contributed by atoms with Gasteiger partial charge in [-0.15, -0.1) is 0 Å². The minimum absolute atomic E-state index is 0.232. The maximum Gasteiger partial charge on any atom is 0.308 e. The Morgan fingerprint density at radius 2 is 2.12 bits per heavy atom. The number of aryl methyl sites for hydroxylation is 1. The molecular weight excluding hydrogens is 323 g/mol. The fraction of sp³-hybridized carbons (Fsp3) is 0.474. The molecule has 1 aromatic carbocycles. The molecule has 0 unspecified atom stereocenters. The second-order valence-corrected chi connectivity index (χ2v) is 7.14. The van der Waals surface area contributed by atoms with Crippen molar-refractivity contribution in [1.29, 1.82) is 0 Å². The summed E-state index contributed by atoms with van der Waals surface area (Å²) in [7, 11) is 0. The van der Waals surface area contributed by atoms with Gasteiger partial charge in [0.2, 0.25) is 5.89 Å². The van der Waals surface area contributed by atoms with Gasteiger partial charge in [0.05, 0.1) is 17.2 Å². The highest BCUT2D eigenvalue weighted by atomic mass is 19.1. The highest BCUT2D eigenvalue weighted by Crippen LogP contribution is 2.44. The molecular formula is C19H21FN2O3. The fourth-order valence-electron chi connectivity index (χ4n) is 3.84. The van der Waals surface area contributed by atoms with Gasteiger partial charge in [0.25, 0.3) is 0 Å². The molecule has 4 rings (SSSR count). The van der Waals surface area contributed by atoms with Crippen LogP contribution in [0.3, 0.4) is 0 Å². The van der Waals surface area contributed by atoms with Gasteiger partial charge in [-0.2, -0.15) is 0 Å². The molecule has 2 aliphatic rings. The van der Waals surface area contributed by atoms with Crippen LogP contribution in [0.5, 0.6) is 0 Å². The number of hydrogen-bond donors (Lipinski definition) is 1. The first kappa shape index (κ1) is 16.3. The second kappa shape index (κ2) is 6.26. The molecule has 0 bridgehead atoms. The van der Waals surface area contributed by atoms with Crippen LogP contribution < -0.4 is 0 Å². The van der Waals surface area contributed by atoms with Crippen molar-refractivity contribution < 1.29 is 18.7 Å². The summed E-state index contributed by atoms with van der Waals surface area (Å²) in [5.41, 5.74) is 1.09. The van der Waals surface area contributed by atoms with Crippen LogP contribution in [-0.4, -0.2) is 34.0 Å². The molecule has 1 aromatic heterocycles. The van der Waals surface area contributed by atoms with Gasteiger partial charge in [0, 0.05) is 19.6 Å². The molecule has 1 N–H and O–H groups in total. The summed E-state index contributed by atoms with van der Waals surface area (Å²) in [5, 5.41) is 9.48. The lowest BCUT2D eigenvalue weighted by Crippen LogP contribution is -2.24. The zero-order chi connectivity index (χ0) is 17.6. The fourth-order valence-corrected chi connectivity index (χ4v) is 3.84. The Morgan fingerprint density at radius 3 is 2.80 bits per heavy atom. The van der Waals surface area contributed by atoms with E-state index in [4.69, 9.17) is 4.42 Å². The highest BCUT2D eigenvalue weighted by molar-refractivity contribution is 5.71. The van der Waals surface area contributed by atoms with E-state index in [9.17, 15) is 14.3 Å². The van der Waals surface area contributed by atoms with Gasteiger partial charge in [0.15, 0.2) is 0 Å². The first-order valence-corrected chi connectivity index (χ1v) is 8.69. The standard InChI is InChI=1S/C19H21FN2O3/c1-11-17(21-18(25-11)13-4-2-3-5-16(13)20)10-22-8-14(12-6-7-12)15(9-22)19(23)24/h2-5,12,14-15H,6-10H2,1H3,(H,23,24)/t14-,15+/m0/s1. The number of carboxylic acids is 1. The number of aromatic nitrogens is 1. The van der Waals surface area contributed by atoms with Crippen LogP contribution in [0.15, 0.2) is 28.7 Å². The number of carboxylic acid groups (broad SMARTS) is 1. The molecule has 2 fully saturated rings. The lowest BCUT2D eigenvalue weighted by molar-refractivity contribution is -0.142. The van der Waals surface area contributed by atoms with Gasteiger partial charge in [-0.05, 0) is 43.7 Å². The van der Waals surface area contributed by atoms with Crippen molar-refractivity contribution in [3.05, 3.63) is 41.5 Å². The van der Waals surface area contributed by atoms with Crippen LogP contribution >= 0.6 is 0 Å². The number of rotatable bonds is 5. The lowest BCUT2D eigenvalue weighted by Gasteiger charge is -2.14. The Kier molecular flexibility index (Phi) is 4.07. The maximum atomic E-state index is 13.9. The Balaban J connectivity index is 1.52. The molecule has 1 aliphatic heterocycles. The van der Waals surface area contributed by atoms with E-state index in [2.05, 4.69) is 9.88 Å². The molecule has 1 saturated carbocycles. The largest absolute Gasteiger partial charge is 0.481 e. The van der Waals surface area contributed by atoms with Crippen LogP contribution in [0.2, 0.25) is 0 Å². The molecule has 2 atom stereocenters. The summed E-state index contributed by atoms with van der Waals surface area (Å²) < 4.78 is 19.6. The van der Waals surface area contributed by atoms with E-state index in [0.717, 1.165) is 25.1 Å². The van der Waals surface area contributed by atoms with Crippen molar-refractivity contribution in [3.63, 3.8) is 0 Å². The lowest BCUT2D eigenvalue weighted by atomic mass is 9.92. The van der Waals surface area contributed by atoms with Gasteiger partial charge in [-0.25, -0.2) is 9.37 Å². The number of aliphatic carboxylic acids is 1. The molecule has 2 heterocycles. The maximum absolute atomic E-state index is 13.9. The Bertz CT molecular complexity index is 800. The molecule has 6 heteroatoms. The molecule has 0 spiro atoms. The molecule has 25 heavy (non-hydrogen) atoms. The summed E-state index contributed by atoms with van der Waals surface area (Å²) in [6.07, 6.45) is 2.28. The third kappa shape index (κ3) is 3.18. The Morgan fingerprint density at radius 1 is 1.36 bits per heavy atom. The van der Waals surface area contributed by atoms with Gasteiger partial charge >= 0.3 is 5.97 Å². The topological polar surface area (TPSA) is 66.6 Å². The van der Waals surface area contributed by atoms with Crippen molar-refractivity contribution in [2.75, 3.05) is 13.1 Å². The van der Waals surface area contributed by atoms with Gasteiger partial charge in [0.1, 0.15) is 11.6 Å². The third-order valence-electron chi connectivity index (χ3n) is 5.36. The number of oxazole rings is 1. The predicted molar refractivity (Wildman–Crippen MR) is 89.3 cm³/mol. The average Bonchev–Trinajstić information content (AvgIpc) is 3.24. The van der Waals surface area contributed by atoms with Crippen LogP contribution in [0.1, 0.15) is 24.3 Å². The third-order valence-corrected chi connectivity index (χ3v) is 5.36. The van der Waals surface area contributed by atoms with E-state index in [0.29, 0.717) is 30.3 Å². The van der Waals surface area contributed by atoms with Crippen LogP contribution in [0.4, 0.5) is 4.39 Å². The molecule has 1 aliphatic carbocycles. The van der Waals surface area contributed by atoms with E-state index >= 15 is 0 Å². The van der Waals surface area contributed by atoms with E-state index < -0.39 is 5.97 Å². The zero-order valence-electron chi connectivity index (χ0n) is 14.1. The number of carbonyl (C=O) groups is 1. The van der Waals surface area contributed by atoms with Gasteiger partial charge < -0.3 is 9.52 Å². The predicted octanol–water partition coefficient (Wildman–Crippen LogP) is 3.33. The first-order valence-electron chi connectivity index (χ1n) is 8.69. The van der Waals surface area contributed by atoms with Crippen LogP contribution in [-0.2, 0) is 11.3 Å². The number of likely N-dealkylation sites (tertiary alicyclic amines) is 1. The molecule has 5 nitrogen and oxygen atoms in total. The van der Waals surface area contributed by atoms with Crippen molar-refractivity contribution in [3.8, 4) is 11.5 Å². The minimum atomic E-state index is -0.705. The van der Waals surface area contributed by atoms with E-state index in [1.807, 2.05) is 6.92 Å². The van der Waals surface area contributed by atoms with Crippen molar-refractivity contribution in [2.45, 2.75) is 26.3 Å². The van der Waals surface area contributed by atoms with Gasteiger partial charge in [-0.3, -0.25) is 9.69 Å². The molecule has 2 aromatic rings. The van der Waals surface area contributed by atoms with Crippen LogP contribution in [0.25, 0.3) is 11.5 Å². The normalized spacial score (nSPS) is 23.9. The Hall–Kier alpha value is -2.21.